The average Bonchev–Trinajstić information content (AvgIpc) is 3.93. The van der Waals surface area contributed by atoms with Crippen LogP contribution in [0.5, 0.6) is 0 Å². The summed E-state index contributed by atoms with van der Waals surface area (Å²) in [4.78, 5) is 23.4. The Labute approximate surface area is 366 Å². The van der Waals surface area contributed by atoms with Gasteiger partial charge in [0.2, 0.25) is 0 Å². The quantitative estimate of drug-likeness (QED) is 0.161. The molecule has 0 aliphatic heterocycles. The van der Waals surface area contributed by atoms with Gasteiger partial charge in [-0.15, -0.1) is 22.7 Å². The Balaban J connectivity index is 1.06. The van der Waals surface area contributed by atoms with E-state index < -0.39 is 0 Å². The third-order valence-corrected chi connectivity index (χ3v) is 13.8. The number of hydrogen-bond acceptors (Lipinski definition) is 6. The number of hydrogen-bond donors (Lipinski definition) is 0. The lowest BCUT2D eigenvalue weighted by atomic mass is 9.90. The first-order valence-corrected chi connectivity index (χ1v) is 22.3. The predicted molar refractivity (Wildman–Crippen MR) is 261 cm³/mol. The van der Waals surface area contributed by atoms with Gasteiger partial charge in [-0.05, 0) is 45.5 Å². The highest BCUT2D eigenvalue weighted by Gasteiger charge is 2.23. The molecular weight excluding hydrogens is 793 g/mol. The van der Waals surface area contributed by atoms with Crippen molar-refractivity contribution in [3.8, 4) is 78.7 Å². The van der Waals surface area contributed by atoms with Crippen LogP contribution in [-0.4, -0.2) is 19.9 Å². The number of nitrogens with zero attached hydrogens (tertiary/aromatic N) is 4. The van der Waals surface area contributed by atoms with Gasteiger partial charge in [0, 0.05) is 53.2 Å². The molecule has 62 heavy (non-hydrogen) atoms. The molecule has 0 saturated heterocycles. The van der Waals surface area contributed by atoms with Gasteiger partial charge in [0.25, 0.3) is 0 Å². The van der Waals surface area contributed by atoms with E-state index in [2.05, 4.69) is 194 Å². The van der Waals surface area contributed by atoms with Gasteiger partial charge in [-0.2, -0.15) is 0 Å². The second kappa shape index (κ2) is 15.1. The van der Waals surface area contributed by atoms with Gasteiger partial charge in [-0.3, -0.25) is 0 Å². The van der Waals surface area contributed by atoms with E-state index >= 15 is 0 Å². The molecule has 0 unspecified atom stereocenters. The minimum absolute atomic E-state index is 0.701. The van der Waals surface area contributed by atoms with Gasteiger partial charge in [0.1, 0.15) is 9.66 Å². The Morgan fingerprint density at radius 1 is 0.258 bits per heavy atom. The summed E-state index contributed by atoms with van der Waals surface area (Å²) in [7, 11) is 0. The molecule has 4 nitrogen and oxygen atoms in total. The molecule has 0 N–H and O–H groups in total. The Morgan fingerprint density at radius 2 is 0.581 bits per heavy atom. The molecule has 4 aromatic heterocycles. The topological polar surface area (TPSA) is 51.6 Å². The zero-order valence-electron chi connectivity index (χ0n) is 33.2. The zero-order valence-corrected chi connectivity index (χ0v) is 34.9. The molecule has 0 fully saturated rings. The first kappa shape index (κ1) is 36.2. The predicted octanol–water partition coefficient (Wildman–Crippen LogP) is 15.7. The summed E-state index contributed by atoms with van der Waals surface area (Å²) in [6, 6.07) is 72.6. The van der Waals surface area contributed by atoms with Crippen LogP contribution in [0.15, 0.2) is 206 Å². The summed E-state index contributed by atoms with van der Waals surface area (Å²) in [5.41, 5.74) is 12.7. The van der Waals surface area contributed by atoms with Gasteiger partial charge in [0.05, 0.1) is 11.4 Å². The molecule has 4 heterocycles. The lowest BCUT2D eigenvalue weighted by Crippen LogP contribution is -1.97. The molecule has 8 aromatic carbocycles. The third kappa shape index (κ3) is 6.28. The van der Waals surface area contributed by atoms with Gasteiger partial charge in [-0.25, -0.2) is 19.9 Å². The number of rotatable bonds is 7. The minimum Gasteiger partial charge on any atom is -0.227 e. The fourth-order valence-electron chi connectivity index (χ4n) is 8.63. The lowest BCUT2D eigenvalue weighted by molar-refractivity contribution is 1.24. The van der Waals surface area contributed by atoms with Crippen LogP contribution >= 0.6 is 22.7 Å². The molecule has 0 aliphatic carbocycles. The second-order valence-electron chi connectivity index (χ2n) is 15.3. The molecule has 0 radical (unpaired) electrons. The normalized spacial score (nSPS) is 11.5. The highest BCUT2D eigenvalue weighted by Crippen LogP contribution is 2.46. The number of benzene rings is 8. The molecule has 0 saturated carbocycles. The third-order valence-electron chi connectivity index (χ3n) is 11.6. The second-order valence-corrected chi connectivity index (χ2v) is 17.4. The van der Waals surface area contributed by atoms with Crippen LogP contribution < -0.4 is 0 Å². The zero-order chi connectivity index (χ0) is 41.0. The largest absolute Gasteiger partial charge is 0.227 e. The summed E-state index contributed by atoms with van der Waals surface area (Å²) in [5.74, 6) is 1.40. The molecule has 12 rings (SSSR count). The molecule has 0 spiro atoms. The first-order chi connectivity index (χ1) is 30.7. The summed E-state index contributed by atoms with van der Waals surface area (Å²) >= 11 is 3.43. The Bertz CT molecular complexity index is 3370. The van der Waals surface area contributed by atoms with Crippen LogP contribution in [0.25, 0.3) is 119 Å². The first-order valence-electron chi connectivity index (χ1n) is 20.6. The fourth-order valence-corrected chi connectivity index (χ4v) is 10.8. The van der Waals surface area contributed by atoms with Crippen molar-refractivity contribution < 1.29 is 0 Å². The van der Waals surface area contributed by atoms with Crippen LogP contribution in [0.3, 0.4) is 0 Å². The minimum atomic E-state index is 0.701. The summed E-state index contributed by atoms with van der Waals surface area (Å²) in [5, 5.41) is 4.44. The van der Waals surface area contributed by atoms with E-state index in [0.29, 0.717) is 11.6 Å². The van der Waals surface area contributed by atoms with Crippen molar-refractivity contribution in [3.63, 3.8) is 0 Å². The highest BCUT2D eigenvalue weighted by atomic mass is 32.1. The van der Waals surface area contributed by atoms with Gasteiger partial charge >= 0.3 is 0 Å². The van der Waals surface area contributed by atoms with Gasteiger partial charge in [0.15, 0.2) is 11.6 Å². The molecule has 6 heteroatoms. The number of aromatic nitrogens is 4. The fraction of sp³-hybridized carbons (Fsp3) is 0. The standard InChI is InChI=1S/C56H34N4S2/c1-3-15-35(16-4-1)37-27-31-39(32-28-37)53-57-51(49-45-23-11-13-25-47(45)61-55(49)59-53)43-21-9-7-19-41(43)42-20-8-10-22-44(42)52-50-46-24-12-14-26-48(46)62-56(50)60-54(58-52)40-33-29-38(30-34-40)36-17-5-2-6-18-36/h1-34H. The molecule has 12 aromatic rings. The smallest absolute Gasteiger partial charge is 0.161 e. The van der Waals surface area contributed by atoms with Crippen molar-refractivity contribution in [1.82, 2.24) is 19.9 Å². The van der Waals surface area contributed by atoms with Gasteiger partial charge < -0.3 is 0 Å². The molecule has 0 atom stereocenters. The maximum atomic E-state index is 5.49. The molecular formula is C56H34N4S2. The Morgan fingerprint density at radius 3 is 1.00 bits per heavy atom. The number of thiophene rings is 2. The van der Waals surface area contributed by atoms with E-state index in [-0.39, 0.29) is 0 Å². The van der Waals surface area contributed by atoms with Crippen molar-refractivity contribution in [3.05, 3.63) is 206 Å². The molecule has 0 bridgehead atoms. The SMILES string of the molecule is c1ccc(-c2ccc(-c3nc(-c4ccccc4-c4ccccc4-c4nc(-c5ccc(-c6ccccc6)cc5)nc5sc6ccccc6c45)c4c(n3)sc3ccccc34)cc2)cc1. The van der Waals surface area contributed by atoms with E-state index in [1.54, 1.807) is 22.7 Å². The maximum absolute atomic E-state index is 5.49. The summed E-state index contributed by atoms with van der Waals surface area (Å²) in [6.07, 6.45) is 0. The monoisotopic (exact) mass is 826 g/mol. The van der Waals surface area contributed by atoms with E-state index in [9.17, 15) is 0 Å². The molecule has 290 valence electrons. The van der Waals surface area contributed by atoms with Crippen molar-refractivity contribution in [2.45, 2.75) is 0 Å². The summed E-state index contributed by atoms with van der Waals surface area (Å²) in [6.45, 7) is 0. The van der Waals surface area contributed by atoms with Crippen LogP contribution in [0.4, 0.5) is 0 Å². The van der Waals surface area contributed by atoms with Crippen molar-refractivity contribution in [2.24, 2.45) is 0 Å². The van der Waals surface area contributed by atoms with Crippen LogP contribution in [0.2, 0.25) is 0 Å². The van der Waals surface area contributed by atoms with Crippen molar-refractivity contribution in [1.29, 1.82) is 0 Å². The van der Waals surface area contributed by atoms with Crippen LogP contribution in [0.1, 0.15) is 0 Å². The Kier molecular flexibility index (Phi) is 8.84. The average molecular weight is 827 g/mol. The van der Waals surface area contributed by atoms with Crippen molar-refractivity contribution in [2.75, 3.05) is 0 Å². The Hall–Kier alpha value is -7.64. The molecule has 0 aliphatic rings. The van der Waals surface area contributed by atoms with E-state index in [1.807, 2.05) is 12.1 Å². The van der Waals surface area contributed by atoms with Crippen LogP contribution in [-0.2, 0) is 0 Å². The maximum Gasteiger partial charge on any atom is 0.161 e. The highest BCUT2D eigenvalue weighted by molar-refractivity contribution is 7.26. The molecule has 0 amide bonds. The summed E-state index contributed by atoms with van der Waals surface area (Å²) < 4.78 is 2.37. The van der Waals surface area contributed by atoms with Crippen molar-refractivity contribution >= 4 is 63.3 Å². The van der Waals surface area contributed by atoms with Crippen LogP contribution in [0, 0.1) is 0 Å². The van der Waals surface area contributed by atoms with E-state index in [0.717, 1.165) is 87.1 Å². The van der Waals surface area contributed by atoms with E-state index in [1.165, 1.54) is 20.5 Å². The lowest BCUT2D eigenvalue weighted by Gasteiger charge is -2.16. The van der Waals surface area contributed by atoms with Gasteiger partial charge in [-0.1, -0.05) is 194 Å². The van der Waals surface area contributed by atoms with E-state index in [4.69, 9.17) is 19.9 Å². The number of fused-ring (bicyclic) bond motifs is 6.